The average Bonchev–Trinajstić information content (AvgIpc) is 2.26. The third-order valence-corrected chi connectivity index (χ3v) is 4.15. The molecule has 1 aliphatic rings. The molecule has 3 N–H and O–H groups in total. The molecule has 1 saturated carbocycles. The van der Waals surface area contributed by atoms with Gasteiger partial charge in [-0.25, -0.2) is 0 Å². The van der Waals surface area contributed by atoms with Gasteiger partial charge in [0.05, 0.1) is 0 Å². The van der Waals surface area contributed by atoms with E-state index in [0.29, 0.717) is 16.7 Å². The first kappa shape index (κ1) is 12.9. The highest BCUT2D eigenvalue weighted by molar-refractivity contribution is 5.95. The van der Waals surface area contributed by atoms with Crippen LogP contribution in [0.25, 0.3) is 0 Å². The summed E-state index contributed by atoms with van der Waals surface area (Å²) >= 11 is 0. The van der Waals surface area contributed by atoms with E-state index >= 15 is 0 Å². The molecule has 1 fully saturated rings. The van der Waals surface area contributed by atoms with E-state index in [0.717, 1.165) is 18.5 Å². The summed E-state index contributed by atoms with van der Waals surface area (Å²) in [5, 5.41) is 3.05. The molecule has 3 heteroatoms. The second kappa shape index (κ2) is 5.01. The van der Waals surface area contributed by atoms with Crippen LogP contribution < -0.4 is 11.1 Å². The third kappa shape index (κ3) is 2.66. The van der Waals surface area contributed by atoms with Crippen molar-refractivity contribution in [2.24, 2.45) is 5.41 Å². The van der Waals surface area contributed by atoms with Crippen molar-refractivity contribution in [3.8, 4) is 0 Å². The quantitative estimate of drug-likeness (QED) is 0.803. The molecule has 0 radical (unpaired) electrons. The highest BCUT2D eigenvalue weighted by Crippen LogP contribution is 2.43. The fourth-order valence-electron chi connectivity index (χ4n) is 2.65. The monoisotopic (exact) mass is 246 g/mol. The Kier molecular flexibility index (Phi) is 3.60. The van der Waals surface area contributed by atoms with Crippen LogP contribution in [0.5, 0.6) is 0 Å². The van der Waals surface area contributed by atoms with Crippen molar-refractivity contribution in [3.05, 3.63) is 29.3 Å². The fourth-order valence-corrected chi connectivity index (χ4v) is 2.65. The van der Waals surface area contributed by atoms with Crippen molar-refractivity contribution in [2.75, 3.05) is 12.3 Å². The van der Waals surface area contributed by atoms with Crippen LogP contribution in [-0.4, -0.2) is 12.5 Å². The minimum Gasteiger partial charge on any atom is -0.399 e. The lowest BCUT2D eigenvalue weighted by molar-refractivity contribution is 0.0850. The van der Waals surface area contributed by atoms with Crippen LogP contribution in [0.3, 0.4) is 0 Å². The molecule has 0 atom stereocenters. The zero-order chi connectivity index (χ0) is 13.2. The second-order valence-corrected chi connectivity index (χ2v) is 5.52. The van der Waals surface area contributed by atoms with Gasteiger partial charge in [0.2, 0.25) is 0 Å². The van der Waals surface area contributed by atoms with E-state index in [1.54, 1.807) is 6.07 Å². The van der Waals surface area contributed by atoms with Crippen molar-refractivity contribution in [1.82, 2.24) is 5.32 Å². The molecule has 0 bridgehead atoms. The van der Waals surface area contributed by atoms with Crippen LogP contribution in [0, 0.1) is 12.3 Å². The summed E-state index contributed by atoms with van der Waals surface area (Å²) in [7, 11) is 0. The van der Waals surface area contributed by atoms with Crippen molar-refractivity contribution in [1.29, 1.82) is 0 Å². The van der Waals surface area contributed by atoms with Gasteiger partial charge in [0.15, 0.2) is 0 Å². The molecule has 0 aliphatic heterocycles. The minimum atomic E-state index is -0.00914. The molecule has 18 heavy (non-hydrogen) atoms. The Balaban J connectivity index is 1.99. The number of nitrogens with two attached hydrogens (primary N) is 1. The number of hydrogen-bond acceptors (Lipinski definition) is 2. The number of benzene rings is 1. The molecule has 0 saturated heterocycles. The maximum atomic E-state index is 12.1. The Morgan fingerprint density at radius 1 is 1.39 bits per heavy atom. The molecule has 1 aromatic rings. The van der Waals surface area contributed by atoms with Crippen LogP contribution in [0.2, 0.25) is 0 Å². The summed E-state index contributed by atoms with van der Waals surface area (Å²) in [6.07, 6.45) is 4.91. The number of aryl methyl sites for hydroxylation is 1. The van der Waals surface area contributed by atoms with Gasteiger partial charge < -0.3 is 11.1 Å². The third-order valence-electron chi connectivity index (χ3n) is 4.15. The van der Waals surface area contributed by atoms with Crippen LogP contribution >= 0.6 is 0 Å². The summed E-state index contributed by atoms with van der Waals surface area (Å²) in [6.45, 7) is 4.94. The molecular weight excluding hydrogens is 224 g/mol. The molecule has 0 unspecified atom stereocenters. The Hall–Kier alpha value is -1.51. The normalized spacial score (nSPS) is 17.0. The van der Waals surface area contributed by atoms with E-state index in [9.17, 15) is 4.79 Å². The SMILES string of the molecule is CCC1(CNC(=O)c2cc(C)cc(N)c2)CCC1. The smallest absolute Gasteiger partial charge is 0.251 e. The van der Waals surface area contributed by atoms with Crippen LogP contribution in [-0.2, 0) is 0 Å². The fraction of sp³-hybridized carbons (Fsp3) is 0.533. The number of rotatable bonds is 4. The van der Waals surface area contributed by atoms with Crippen molar-refractivity contribution in [3.63, 3.8) is 0 Å². The molecule has 1 aromatic carbocycles. The van der Waals surface area contributed by atoms with Gasteiger partial charge in [-0.3, -0.25) is 4.79 Å². The first-order valence-corrected chi connectivity index (χ1v) is 6.70. The van der Waals surface area contributed by atoms with E-state index in [-0.39, 0.29) is 5.91 Å². The highest BCUT2D eigenvalue weighted by Gasteiger charge is 2.35. The van der Waals surface area contributed by atoms with Gasteiger partial charge in [0.1, 0.15) is 0 Å². The minimum absolute atomic E-state index is 0.00914. The summed E-state index contributed by atoms with van der Waals surface area (Å²) in [6, 6.07) is 5.49. The largest absolute Gasteiger partial charge is 0.399 e. The lowest BCUT2D eigenvalue weighted by atomic mass is 9.67. The molecule has 0 spiro atoms. The second-order valence-electron chi connectivity index (χ2n) is 5.52. The number of nitrogen functional groups attached to an aromatic ring is 1. The van der Waals surface area contributed by atoms with Gasteiger partial charge in [0, 0.05) is 17.8 Å². The summed E-state index contributed by atoms with van der Waals surface area (Å²) in [4.78, 5) is 12.1. The number of hydrogen-bond donors (Lipinski definition) is 2. The first-order chi connectivity index (χ1) is 8.54. The Morgan fingerprint density at radius 2 is 2.11 bits per heavy atom. The highest BCUT2D eigenvalue weighted by atomic mass is 16.1. The maximum absolute atomic E-state index is 12.1. The van der Waals surface area contributed by atoms with Crippen LogP contribution in [0.4, 0.5) is 5.69 Å². The van der Waals surface area contributed by atoms with Gasteiger partial charge in [0.25, 0.3) is 5.91 Å². The van der Waals surface area contributed by atoms with E-state index < -0.39 is 0 Å². The van der Waals surface area contributed by atoms with Gasteiger partial charge in [-0.1, -0.05) is 13.3 Å². The molecule has 0 aromatic heterocycles. The molecular formula is C15H22N2O. The number of carbonyl (C=O) groups is 1. The first-order valence-electron chi connectivity index (χ1n) is 6.70. The summed E-state index contributed by atoms with van der Waals surface area (Å²) < 4.78 is 0. The lowest BCUT2D eigenvalue weighted by Crippen LogP contribution is -2.41. The number of carbonyl (C=O) groups excluding carboxylic acids is 1. The Morgan fingerprint density at radius 3 is 2.61 bits per heavy atom. The molecule has 3 nitrogen and oxygen atoms in total. The molecule has 98 valence electrons. The molecule has 0 heterocycles. The summed E-state index contributed by atoms with van der Waals surface area (Å²) in [5.41, 5.74) is 8.45. The van der Waals surface area contributed by atoms with Gasteiger partial charge in [-0.2, -0.15) is 0 Å². The predicted octanol–water partition coefficient (Wildman–Crippen LogP) is 2.89. The standard InChI is InChI=1S/C15H22N2O/c1-3-15(5-4-6-15)10-17-14(18)12-7-11(2)8-13(16)9-12/h7-9H,3-6,10,16H2,1-2H3,(H,17,18). The van der Waals surface area contributed by atoms with Crippen molar-refractivity contribution in [2.45, 2.75) is 39.5 Å². The Labute approximate surface area is 109 Å². The van der Waals surface area contributed by atoms with E-state index in [4.69, 9.17) is 5.73 Å². The van der Waals surface area contributed by atoms with Crippen molar-refractivity contribution >= 4 is 11.6 Å². The van der Waals surface area contributed by atoms with E-state index in [1.165, 1.54) is 19.3 Å². The van der Waals surface area contributed by atoms with E-state index in [1.807, 2.05) is 19.1 Å². The zero-order valence-electron chi connectivity index (χ0n) is 11.3. The van der Waals surface area contributed by atoms with Gasteiger partial charge in [-0.05, 0) is 55.4 Å². The average molecular weight is 246 g/mol. The van der Waals surface area contributed by atoms with Gasteiger partial charge >= 0.3 is 0 Å². The lowest BCUT2D eigenvalue weighted by Gasteiger charge is -2.41. The van der Waals surface area contributed by atoms with Crippen LogP contribution in [0.1, 0.15) is 48.5 Å². The topological polar surface area (TPSA) is 55.1 Å². The predicted molar refractivity (Wildman–Crippen MR) is 74.5 cm³/mol. The Bertz CT molecular complexity index is 424. The van der Waals surface area contributed by atoms with Crippen molar-refractivity contribution < 1.29 is 4.79 Å². The molecule has 2 rings (SSSR count). The number of amides is 1. The number of nitrogens with one attached hydrogen (secondary N) is 1. The maximum Gasteiger partial charge on any atom is 0.251 e. The van der Waals surface area contributed by atoms with Gasteiger partial charge in [-0.15, -0.1) is 0 Å². The van der Waals surface area contributed by atoms with Crippen LogP contribution in [0.15, 0.2) is 18.2 Å². The summed E-state index contributed by atoms with van der Waals surface area (Å²) in [5.74, 6) is -0.00914. The molecule has 1 amide bonds. The zero-order valence-corrected chi connectivity index (χ0v) is 11.3. The number of anilines is 1. The van der Waals surface area contributed by atoms with E-state index in [2.05, 4.69) is 12.2 Å². The molecule has 1 aliphatic carbocycles.